The van der Waals surface area contributed by atoms with Crippen molar-refractivity contribution in [1.82, 2.24) is 0 Å². The van der Waals surface area contributed by atoms with Crippen LogP contribution < -0.4 is 0 Å². The molecule has 0 aromatic heterocycles. The normalized spacial score (nSPS) is 25.6. The minimum absolute atomic E-state index is 0.389. The third-order valence-corrected chi connectivity index (χ3v) is 3.75. The van der Waals surface area contributed by atoms with Crippen molar-refractivity contribution in [2.45, 2.75) is 44.1 Å². The van der Waals surface area contributed by atoms with E-state index in [9.17, 15) is 0 Å². The summed E-state index contributed by atoms with van der Waals surface area (Å²) in [6.07, 6.45) is 9.62. The summed E-state index contributed by atoms with van der Waals surface area (Å²) in [5.74, 6) is 0.819. The van der Waals surface area contributed by atoms with Gasteiger partial charge in [-0.2, -0.15) is 0 Å². The summed E-state index contributed by atoms with van der Waals surface area (Å²) in [5.41, 5.74) is 2.84. The lowest BCUT2D eigenvalue weighted by atomic mass is 9.84. The van der Waals surface area contributed by atoms with E-state index in [4.69, 9.17) is 4.74 Å². The minimum atomic E-state index is 0.389. The molecule has 2 aliphatic rings. The number of benzene rings is 1. The second-order valence-electron chi connectivity index (χ2n) is 5.04. The largest absolute Gasteiger partial charge is 0.372 e. The molecule has 16 heavy (non-hydrogen) atoms. The van der Waals surface area contributed by atoms with Gasteiger partial charge in [-0.25, -0.2) is 0 Å². The molecule has 0 bridgehead atoms. The van der Waals surface area contributed by atoms with Gasteiger partial charge in [-0.1, -0.05) is 43.5 Å². The third-order valence-electron chi connectivity index (χ3n) is 3.75. The lowest BCUT2D eigenvalue weighted by Crippen LogP contribution is -2.04. The zero-order valence-electron chi connectivity index (χ0n) is 9.69. The molecule has 1 unspecified atom stereocenters. The highest BCUT2D eigenvalue weighted by atomic mass is 16.6. The van der Waals surface area contributed by atoms with E-state index in [1.54, 1.807) is 0 Å². The molecular weight excluding hydrogens is 196 g/mol. The Balaban J connectivity index is 1.65. The van der Waals surface area contributed by atoms with Crippen LogP contribution in [-0.2, 0) is 4.74 Å². The van der Waals surface area contributed by atoms with E-state index in [2.05, 4.69) is 30.7 Å². The van der Waals surface area contributed by atoms with Crippen LogP contribution in [0, 0.1) is 6.42 Å². The molecule has 0 amide bonds. The Morgan fingerprint density at radius 3 is 2.31 bits per heavy atom. The fraction of sp³-hybridized carbons (Fsp3) is 0.533. The van der Waals surface area contributed by atoms with Gasteiger partial charge in [-0.05, 0) is 29.9 Å². The number of hydrogen-bond acceptors (Lipinski definition) is 1. The maximum atomic E-state index is 5.20. The van der Waals surface area contributed by atoms with Gasteiger partial charge in [0, 0.05) is 6.42 Å². The molecule has 1 atom stereocenters. The fourth-order valence-electron chi connectivity index (χ4n) is 2.68. The molecule has 1 aliphatic heterocycles. The van der Waals surface area contributed by atoms with E-state index in [1.807, 2.05) is 0 Å². The first kappa shape index (κ1) is 10.3. The molecule has 1 aliphatic carbocycles. The molecule has 1 aromatic carbocycles. The molecule has 3 rings (SSSR count). The summed E-state index contributed by atoms with van der Waals surface area (Å²) in [4.78, 5) is 0. The van der Waals surface area contributed by atoms with Crippen LogP contribution >= 0.6 is 0 Å². The van der Waals surface area contributed by atoms with Gasteiger partial charge < -0.3 is 4.74 Å². The van der Waals surface area contributed by atoms with Crippen molar-refractivity contribution in [1.29, 1.82) is 0 Å². The SMILES string of the molecule is [CH](c1ccc(C2CCCCC2)cc1)C1CO1. The first-order chi connectivity index (χ1) is 7.92. The van der Waals surface area contributed by atoms with Gasteiger partial charge in [0.15, 0.2) is 0 Å². The first-order valence-corrected chi connectivity index (χ1v) is 6.48. The van der Waals surface area contributed by atoms with E-state index in [0.29, 0.717) is 6.10 Å². The topological polar surface area (TPSA) is 12.5 Å². The van der Waals surface area contributed by atoms with Gasteiger partial charge in [0.05, 0.1) is 12.7 Å². The van der Waals surface area contributed by atoms with Crippen molar-refractivity contribution in [3.8, 4) is 0 Å². The van der Waals surface area contributed by atoms with Crippen LogP contribution in [0.4, 0.5) is 0 Å². The van der Waals surface area contributed by atoms with Crippen LogP contribution in [0.5, 0.6) is 0 Å². The molecule has 0 N–H and O–H groups in total. The van der Waals surface area contributed by atoms with Crippen LogP contribution in [-0.4, -0.2) is 12.7 Å². The standard InChI is InChI=1S/C15H19O/c1-2-4-13(5-3-1)14-8-6-12(7-9-14)10-15-11-16-15/h6-10,13,15H,1-5,11H2. The second kappa shape index (κ2) is 4.58. The Kier molecular flexibility index (Phi) is 2.96. The van der Waals surface area contributed by atoms with Gasteiger partial charge >= 0.3 is 0 Å². The van der Waals surface area contributed by atoms with Gasteiger partial charge in [-0.15, -0.1) is 0 Å². The van der Waals surface area contributed by atoms with Crippen molar-refractivity contribution in [2.24, 2.45) is 0 Å². The fourth-order valence-corrected chi connectivity index (χ4v) is 2.68. The Hall–Kier alpha value is -0.820. The molecule has 1 radical (unpaired) electrons. The predicted octanol–water partition coefficient (Wildman–Crippen LogP) is 3.69. The number of epoxide rings is 1. The molecule has 85 valence electrons. The molecular formula is C15H19O. The molecule has 0 spiro atoms. The van der Waals surface area contributed by atoms with Gasteiger partial charge in [0.2, 0.25) is 0 Å². The maximum Gasteiger partial charge on any atom is 0.0885 e. The summed E-state index contributed by atoms with van der Waals surface area (Å²) in [7, 11) is 0. The quantitative estimate of drug-likeness (QED) is 0.701. The zero-order valence-corrected chi connectivity index (χ0v) is 9.69. The summed E-state index contributed by atoms with van der Waals surface area (Å²) >= 11 is 0. The van der Waals surface area contributed by atoms with Crippen molar-refractivity contribution < 1.29 is 4.74 Å². The highest BCUT2D eigenvalue weighted by Gasteiger charge is 2.23. The lowest BCUT2D eigenvalue weighted by molar-refractivity contribution is 0.432. The van der Waals surface area contributed by atoms with E-state index in [0.717, 1.165) is 12.5 Å². The van der Waals surface area contributed by atoms with Crippen molar-refractivity contribution >= 4 is 0 Å². The van der Waals surface area contributed by atoms with Crippen LogP contribution in [0.2, 0.25) is 0 Å². The molecule has 2 fully saturated rings. The lowest BCUT2D eigenvalue weighted by Gasteiger charge is -2.22. The van der Waals surface area contributed by atoms with Crippen molar-refractivity contribution in [2.75, 3.05) is 6.61 Å². The minimum Gasteiger partial charge on any atom is -0.372 e. The van der Waals surface area contributed by atoms with Crippen molar-refractivity contribution in [3.63, 3.8) is 0 Å². The van der Waals surface area contributed by atoms with E-state index in [-0.39, 0.29) is 0 Å². The van der Waals surface area contributed by atoms with Crippen LogP contribution in [0.3, 0.4) is 0 Å². The first-order valence-electron chi connectivity index (χ1n) is 6.48. The summed E-state index contributed by atoms with van der Waals surface area (Å²) in [6.45, 7) is 0.907. The van der Waals surface area contributed by atoms with E-state index >= 15 is 0 Å². The van der Waals surface area contributed by atoms with Crippen LogP contribution in [0.15, 0.2) is 24.3 Å². The molecule has 1 aromatic rings. The highest BCUT2D eigenvalue weighted by molar-refractivity contribution is 5.31. The van der Waals surface area contributed by atoms with E-state index in [1.165, 1.54) is 43.2 Å². The van der Waals surface area contributed by atoms with E-state index < -0.39 is 0 Å². The Bertz CT molecular complexity index is 331. The Morgan fingerprint density at radius 1 is 1.00 bits per heavy atom. The molecule has 1 saturated heterocycles. The van der Waals surface area contributed by atoms with Crippen LogP contribution in [0.1, 0.15) is 49.1 Å². The van der Waals surface area contributed by atoms with Crippen molar-refractivity contribution in [3.05, 3.63) is 41.8 Å². The predicted molar refractivity (Wildman–Crippen MR) is 65.4 cm³/mol. The van der Waals surface area contributed by atoms with Gasteiger partial charge in [0.25, 0.3) is 0 Å². The molecule has 1 heteroatoms. The summed E-state index contributed by atoms with van der Waals surface area (Å²) in [5, 5.41) is 0. The number of ether oxygens (including phenoxy) is 1. The van der Waals surface area contributed by atoms with Crippen LogP contribution in [0.25, 0.3) is 0 Å². The average Bonchev–Trinajstić information content (AvgIpc) is 3.15. The summed E-state index contributed by atoms with van der Waals surface area (Å²) < 4.78 is 5.20. The number of hydrogen-bond donors (Lipinski definition) is 0. The summed E-state index contributed by atoms with van der Waals surface area (Å²) in [6, 6.07) is 9.10. The maximum absolute atomic E-state index is 5.20. The zero-order chi connectivity index (χ0) is 10.8. The highest BCUT2D eigenvalue weighted by Crippen LogP contribution is 2.32. The smallest absolute Gasteiger partial charge is 0.0885 e. The van der Waals surface area contributed by atoms with Gasteiger partial charge in [0.1, 0.15) is 0 Å². The Morgan fingerprint density at radius 2 is 1.69 bits per heavy atom. The monoisotopic (exact) mass is 215 g/mol. The molecule has 1 heterocycles. The third kappa shape index (κ3) is 2.46. The molecule has 1 saturated carbocycles. The number of rotatable bonds is 3. The second-order valence-corrected chi connectivity index (χ2v) is 5.04. The Labute approximate surface area is 97.8 Å². The molecule has 1 nitrogen and oxygen atoms in total. The average molecular weight is 215 g/mol. The van der Waals surface area contributed by atoms with Gasteiger partial charge in [-0.3, -0.25) is 0 Å².